The Morgan fingerprint density at radius 1 is 1.25 bits per heavy atom. The lowest BCUT2D eigenvalue weighted by Gasteiger charge is -2.40. The van der Waals surface area contributed by atoms with Crippen LogP contribution in [0.25, 0.3) is 0 Å². The first kappa shape index (κ1) is 15.4. The maximum absolute atomic E-state index is 13.8. The van der Waals surface area contributed by atoms with E-state index in [9.17, 15) is 8.78 Å². The molecular formula is C17H24F2O. The molecule has 0 amide bonds. The zero-order chi connectivity index (χ0) is 14.8. The molecule has 0 unspecified atom stereocenters. The van der Waals surface area contributed by atoms with Gasteiger partial charge in [-0.3, -0.25) is 0 Å². The smallest absolute Gasteiger partial charge is 0.126 e. The molecule has 20 heavy (non-hydrogen) atoms. The molecule has 1 aliphatic rings. The molecule has 1 aromatic carbocycles. The van der Waals surface area contributed by atoms with E-state index in [0.717, 1.165) is 37.7 Å². The molecule has 0 aliphatic heterocycles. The zero-order valence-electron chi connectivity index (χ0n) is 12.6. The largest absolute Gasteiger partial charge is 0.378 e. The minimum absolute atomic E-state index is 0.333. The summed E-state index contributed by atoms with van der Waals surface area (Å²) in [6, 6.07) is 3.66. The van der Waals surface area contributed by atoms with Crippen LogP contribution in [-0.4, -0.2) is 12.7 Å². The monoisotopic (exact) mass is 282 g/mol. The van der Waals surface area contributed by atoms with E-state index in [2.05, 4.69) is 13.8 Å². The quantitative estimate of drug-likeness (QED) is 0.775. The van der Waals surface area contributed by atoms with Crippen molar-refractivity contribution in [1.82, 2.24) is 0 Å². The topological polar surface area (TPSA) is 9.23 Å². The Kier molecular flexibility index (Phi) is 4.79. The third-order valence-electron chi connectivity index (χ3n) is 4.84. The summed E-state index contributed by atoms with van der Waals surface area (Å²) in [7, 11) is 1.69. The second-order valence-electron chi connectivity index (χ2n) is 6.38. The number of ether oxygens (including phenoxy) is 1. The SMILES string of the molecule is COC1(Cc2cc(F)ccc2F)CCC(C(C)C)CC1. The predicted octanol–water partition coefficient (Wildman–Crippen LogP) is 4.74. The van der Waals surface area contributed by atoms with Crippen molar-refractivity contribution in [2.24, 2.45) is 11.8 Å². The van der Waals surface area contributed by atoms with Crippen LogP contribution in [0.5, 0.6) is 0 Å². The Morgan fingerprint density at radius 3 is 2.45 bits per heavy atom. The third-order valence-corrected chi connectivity index (χ3v) is 4.84. The average molecular weight is 282 g/mol. The van der Waals surface area contributed by atoms with E-state index in [1.165, 1.54) is 12.1 Å². The van der Waals surface area contributed by atoms with Gasteiger partial charge in [-0.05, 0) is 61.3 Å². The molecule has 1 aliphatic carbocycles. The molecule has 0 N–H and O–H groups in total. The number of halogens is 2. The predicted molar refractivity (Wildman–Crippen MR) is 76.6 cm³/mol. The van der Waals surface area contributed by atoms with Gasteiger partial charge in [-0.1, -0.05) is 13.8 Å². The van der Waals surface area contributed by atoms with Gasteiger partial charge in [0.15, 0.2) is 0 Å². The van der Waals surface area contributed by atoms with Crippen molar-refractivity contribution in [2.75, 3.05) is 7.11 Å². The molecular weight excluding hydrogens is 258 g/mol. The van der Waals surface area contributed by atoms with Gasteiger partial charge in [0.25, 0.3) is 0 Å². The maximum atomic E-state index is 13.8. The summed E-state index contributed by atoms with van der Waals surface area (Å²) < 4.78 is 32.8. The van der Waals surface area contributed by atoms with Crippen molar-refractivity contribution in [1.29, 1.82) is 0 Å². The number of hydrogen-bond donors (Lipinski definition) is 0. The molecule has 112 valence electrons. The Bertz CT molecular complexity index is 448. The Morgan fingerprint density at radius 2 is 1.90 bits per heavy atom. The van der Waals surface area contributed by atoms with Gasteiger partial charge in [0.1, 0.15) is 11.6 Å². The number of rotatable bonds is 4. The molecule has 1 saturated carbocycles. The Hall–Kier alpha value is -0.960. The molecule has 1 nitrogen and oxygen atoms in total. The second kappa shape index (κ2) is 6.21. The van der Waals surface area contributed by atoms with Crippen LogP contribution in [0.15, 0.2) is 18.2 Å². The third kappa shape index (κ3) is 3.38. The van der Waals surface area contributed by atoms with Gasteiger partial charge in [-0.15, -0.1) is 0 Å². The molecule has 3 heteroatoms. The second-order valence-corrected chi connectivity index (χ2v) is 6.38. The van der Waals surface area contributed by atoms with E-state index in [-0.39, 0.29) is 17.2 Å². The first-order valence-corrected chi connectivity index (χ1v) is 7.45. The highest BCUT2D eigenvalue weighted by Crippen LogP contribution is 2.40. The summed E-state index contributed by atoms with van der Waals surface area (Å²) in [5.74, 6) is 0.670. The Balaban J connectivity index is 2.11. The van der Waals surface area contributed by atoms with E-state index >= 15 is 0 Å². The molecule has 1 fully saturated rings. The van der Waals surface area contributed by atoms with Crippen molar-refractivity contribution in [2.45, 2.75) is 51.6 Å². The highest BCUT2D eigenvalue weighted by atomic mass is 19.1. The normalized spacial score (nSPS) is 27.0. The van der Waals surface area contributed by atoms with Gasteiger partial charge >= 0.3 is 0 Å². The summed E-state index contributed by atoms with van der Waals surface area (Å²) in [6.45, 7) is 4.49. The zero-order valence-corrected chi connectivity index (χ0v) is 12.6. The van der Waals surface area contributed by atoms with Gasteiger partial charge in [-0.2, -0.15) is 0 Å². The lowest BCUT2D eigenvalue weighted by Crippen LogP contribution is -2.39. The van der Waals surface area contributed by atoms with E-state index < -0.39 is 0 Å². The number of hydrogen-bond acceptors (Lipinski definition) is 1. The van der Waals surface area contributed by atoms with Crippen molar-refractivity contribution in [3.8, 4) is 0 Å². The number of methoxy groups -OCH3 is 1. The van der Waals surface area contributed by atoms with Gasteiger partial charge in [0.2, 0.25) is 0 Å². The van der Waals surface area contributed by atoms with Crippen LogP contribution in [0.1, 0.15) is 45.1 Å². The highest BCUT2D eigenvalue weighted by Gasteiger charge is 2.36. The molecule has 0 radical (unpaired) electrons. The van der Waals surface area contributed by atoms with E-state index in [1.807, 2.05) is 0 Å². The number of benzene rings is 1. The average Bonchev–Trinajstić information content (AvgIpc) is 2.43. The standard InChI is InChI=1S/C17H24F2O/c1-12(2)13-6-8-17(20-3,9-7-13)11-14-10-15(18)4-5-16(14)19/h4-5,10,12-13H,6-9,11H2,1-3H3. The minimum atomic E-state index is -0.386. The molecule has 2 rings (SSSR count). The van der Waals surface area contributed by atoms with Gasteiger partial charge in [0.05, 0.1) is 5.60 Å². The first-order chi connectivity index (χ1) is 9.46. The van der Waals surface area contributed by atoms with Gasteiger partial charge < -0.3 is 4.74 Å². The van der Waals surface area contributed by atoms with Crippen molar-refractivity contribution < 1.29 is 13.5 Å². The molecule has 0 atom stereocenters. The summed E-state index contributed by atoms with van der Waals surface area (Å²) >= 11 is 0. The van der Waals surface area contributed by atoms with Crippen molar-refractivity contribution >= 4 is 0 Å². The summed E-state index contributed by atoms with van der Waals surface area (Å²) in [6.07, 6.45) is 4.49. The fourth-order valence-corrected chi connectivity index (χ4v) is 3.31. The van der Waals surface area contributed by atoms with Crippen molar-refractivity contribution in [3.05, 3.63) is 35.4 Å². The van der Waals surface area contributed by atoms with Crippen LogP contribution in [-0.2, 0) is 11.2 Å². The molecule has 0 heterocycles. The minimum Gasteiger partial charge on any atom is -0.378 e. The highest BCUT2D eigenvalue weighted by molar-refractivity contribution is 5.21. The molecule has 0 spiro atoms. The first-order valence-electron chi connectivity index (χ1n) is 7.45. The molecule has 0 saturated heterocycles. The van der Waals surface area contributed by atoms with Crippen LogP contribution in [0.4, 0.5) is 8.78 Å². The van der Waals surface area contributed by atoms with Crippen LogP contribution in [0.3, 0.4) is 0 Å². The van der Waals surface area contributed by atoms with Crippen LogP contribution < -0.4 is 0 Å². The van der Waals surface area contributed by atoms with E-state index in [4.69, 9.17) is 4.74 Å². The summed E-state index contributed by atoms with van der Waals surface area (Å²) in [5, 5.41) is 0. The lowest BCUT2D eigenvalue weighted by atomic mass is 9.72. The lowest BCUT2D eigenvalue weighted by molar-refractivity contribution is -0.0530. The van der Waals surface area contributed by atoms with E-state index in [0.29, 0.717) is 17.9 Å². The molecule has 1 aromatic rings. The fourth-order valence-electron chi connectivity index (χ4n) is 3.31. The van der Waals surface area contributed by atoms with Crippen LogP contribution in [0.2, 0.25) is 0 Å². The van der Waals surface area contributed by atoms with Crippen LogP contribution >= 0.6 is 0 Å². The van der Waals surface area contributed by atoms with Crippen LogP contribution in [0, 0.1) is 23.5 Å². The summed E-state index contributed by atoms with van der Waals surface area (Å²) in [5.41, 5.74) is 0.0925. The molecule has 0 bridgehead atoms. The summed E-state index contributed by atoms with van der Waals surface area (Å²) in [4.78, 5) is 0. The van der Waals surface area contributed by atoms with E-state index in [1.54, 1.807) is 7.11 Å². The molecule has 0 aromatic heterocycles. The van der Waals surface area contributed by atoms with Gasteiger partial charge in [-0.25, -0.2) is 8.78 Å². The van der Waals surface area contributed by atoms with Gasteiger partial charge in [0, 0.05) is 13.5 Å². The van der Waals surface area contributed by atoms with Crippen molar-refractivity contribution in [3.63, 3.8) is 0 Å². The Labute approximate surface area is 120 Å². The maximum Gasteiger partial charge on any atom is 0.126 e. The fraction of sp³-hybridized carbons (Fsp3) is 0.647.